The van der Waals surface area contributed by atoms with Gasteiger partial charge in [-0.3, -0.25) is 0 Å². The molecule has 1 aliphatic heterocycles. The second-order valence-electron chi connectivity index (χ2n) is 4.55. The van der Waals surface area contributed by atoms with Crippen molar-refractivity contribution in [2.75, 3.05) is 6.54 Å². The van der Waals surface area contributed by atoms with Crippen molar-refractivity contribution in [2.45, 2.75) is 56.4 Å². The van der Waals surface area contributed by atoms with Gasteiger partial charge in [0.2, 0.25) is 0 Å². The molecule has 1 aliphatic carbocycles. The average molecular weight is 189 g/mol. The van der Waals surface area contributed by atoms with Crippen molar-refractivity contribution in [1.82, 2.24) is 5.32 Å². The molecular formula is C10H17F2N. The van der Waals surface area contributed by atoms with Crippen LogP contribution in [0.25, 0.3) is 0 Å². The van der Waals surface area contributed by atoms with E-state index in [2.05, 4.69) is 5.32 Å². The summed E-state index contributed by atoms with van der Waals surface area (Å²) in [5.74, 6) is -2.41. The lowest BCUT2D eigenvalue weighted by atomic mass is 9.75. The molecule has 0 atom stereocenters. The average Bonchev–Trinajstić information content (AvgIpc) is 2.03. The van der Waals surface area contributed by atoms with Crippen LogP contribution in [0.2, 0.25) is 0 Å². The molecule has 0 bridgehead atoms. The number of hydrogen-bond acceptors (Lipinski definition) is 1. The zero-order valence-electron chi connectivity index (χ0n) is 7.91. The van der Waals surface area contributed by atoms with Crippen LogP contribution in [0.1, 0.15) is 44.9 Å². The van der Waals surface area contributed by atoms with E-state index in [0.717, 1.165) is 25.7 Å². The largest absolute Gasteiger partial charge is 0.311 e. The summed E-state index contributed by atoms with van der Waals surface area (Å²) in [7, 11) is 0. The first-order chi connectivity index (χ1) is 6.12. The molecule has 2 fully saturated rings. The van der Waals surface area contributed by atoms with Crippen LogP contribution < -0.4 is 5.32 Å². The van der Waals surface area contributed by atoms with Gasteiger partial charge in [0.1, 0.15) is 0 Å². The molecule has 0 radical (unpaired) electrons. The SMILES string of the molecule is FC1(F)CCNC2(CCCCC2)C1. The Hall–Kier alpha value is -0.180. The van der Waals surface area contributed by atoms with Crippen LogP contribution in [0.5, 0.6) is 0 Å². The minimum absolute atomic E-state index is 0.0226. The van der Waals surface area contributed by atoms with E-state index in [1.807, 2.05) is 0 Å². The highest BCUT2D eigenvalue weighted by molar-refractivity contribution is 4.98. The summed E-state index contributed by atoms with van der Waals surface area (Å²) >= 11 is 0. The van der Waals surface area contributed by atoms with Crippen LogP contribution in [0.15, 0.2) is 0 Å². The molecule has 1 heterocycles. The Bertz CT molecular complexity index is 180. The Morgan fingerprint density at radius 3 is 2.23 bits per heavy atom. The first-order valence-electron chi connectivity index (χ1n) is 5.25. The highest BCUT2D eigenvalue weighted by Gasteiger charge is 2.45. The van der Waals surface area contributed by atoms with E-state index < -0.39 is 5.92 Å². The van der Waals surface area contributed by atoms with E-state index in [-0.39, 0.29) is 18.4 Å². The number of halogens is 2. The Labute approximate surface area is 77.9 Å². The molecule has 13 heavy (non-hydrogen) atoms. The van der Waals surface area contributed by atoms with Gasteiger partial charge in [0, 0.05) is 24.9 Å². The van der Waals surface area contributed by atoms with Gasteiger partial charge in [0.25, 0.3) is 5.92 Å². The van der Waals surface area contributed by atoms with Gasteiger partial charge in [-0.05, 0) is 12.8 Å². The molecule has 1 N–H and O–H groups in total. The lowest BCUT2D eigenvalue weighted by molar-refractivity contribution is -0.0705. The van der Waals surface area contributed by atoms with Gasteiger partial charge in [-0.2, -0.15) is 0 Å². The van der Waals surface area contributed by atoms with E-state index in [0.29, 0.717) is 6.54 Å². The second kappa shape index (κ2) is 3.19. The van der Waals surface area contributed by atoms with Crippen LogP contribution in [-0.2, 0) is 0 Å². The summed E-state index contributed by atoms with van der Waals surface area (Å²) < 4.78 is 26.4. The molecular weight excluding hydrogens is 172 g/mol. The van der Waals surface area contributed by atoms with Crippen molar-refractivity contribution < 1.29 is 8.78 Å². The molecule has 0 aromatic carbocycles. The lowest BCUT2D eigenvalue weighted by Crippen LogP contribution is -2.55. The Balaban J connectivity index is 2.04. The van der Waals surface area contributed by atoms with E-state index in [1.165, 1.54) is 6.42 Å². The maximum atomic E-state index is 13.2. The fourth-order valence-corrected chi connectivity index (χ4v) is 2.74. The third-order valence-corrected chi connectivity index (χ3v) is 3.40. The van der Waals surface area contributed by atoms with Gasteiger partial charge >= 0.3 is 0 Å². The molecule has 1 spiro atoms. The van der Waals surface area contributed by atoms with E-state index in [4.69, 9.17) is 0 Å². The van der Waals surface area contributed by atoms with E-state index in [1.54, 1.807) is 0 Å². The molecule has 3 heteroatoms. The molecule has 0 amide bonds. The van der Waals surface area contributed by atoms with Crippen molar-refractivity contribution in [3.05, 3.63) is 0 Å². The number of hydrogen-bond donors (Lipinski definition) is 1. The molecule has 1 saturated heterocycles. The summed E-state index contributed by atoms with van der Waals surface area (Å²) in [6.07, 6.45) is 5.43. The molecule has 0 aromatic rings. The molecule has 76 valence electrons. The standard InChI is InChI=1S/C10H17F2N/c11-10(12)6-7-13-9(8-10)4-2-1-3-5-9/h13H,1-8H2. The molecule has 2 rings (SSSR count). The zero-order valence-corrected chi connectivity index (χ0v) is 7.91. The first kappa shape index (κ1) is 9.38. The van der Waals surface area contributed by atoms with Gasteiger partial charge in [-0.15, -0.1) is 0 Å². The van der Waals surface area contributed by atoms with Gasteiger partial charge in [-0.1, -0.05) is 19.3 Å². The van der Waals surface area contributed by atoms with E-state index >= 15 is 0 Å². The number of rotatable bonds is 0. The van der Waals surface area contributed by atoms with Crippen molar-refractivity contribution in [3.8, 4) is 0 Å². The summed E-state index contributed by atoms with van der Waals surface area (Å²) in [5.41, 5.74) is -0.208. The fraction of sp³-hybridized carbons (Fsp3) is 1.00. The van der Waals surface area contributed by atoms with Crippen LogP contribution in [0.4, 0.5) is 8.78 Å². The van der Waals surface area contributed by atoms with Crippen LogP contribution in [0, 0.1) is 0 Å². The van der Waals surface area contributed by atoms with Crippen LogP contribution in [0.3, 0.4) is 0 Å². The second-order valence-corrected chi connectivity index (χ2v) is 4.55. The first-order valence-corrected chi connectivity index (χ1v) is 5.25. The minimum Gasteiger partial charge on any atom is -0.311 e. The predicted octanol–water partition coefficient (Wildman–Crippen LogP) is 2.71. The highest BCUT2D eigenvalue weighted by atomic mass is 19.3. The lowest BCUT2D eigenvalue weighted by Gasteiger charge is -2.44. The van der Waals surface area contributed by atoms with Gasteiger partial charge in [0.15, 0.2) is 0 Å². The Morgan fingerprint density at radius 1 is 0.923 bits per heavy atom. The van der Waals surface area contributed by atoms with Gasteiger partial charge < -0.3 is 5.32 Å². The zero-order chi connectivity index (χ0) is 9.36. The summed E-state index contributed by atoms with van der Waals surface area (Å²) in [4.78, 5) is 0. The molecule has 0 unspecified atom stereocenters. The van der Waals surface area contributed by atoms with Gasteiger partial charge in [0.05, 0.1) is 0 Å². The summed E-state index contributed by atoms with van der Waals surface area (Å²) in [6.45, 7) is 0.493. The van der Waals surface area contributed by atoms with Crippen molar-refractivity contribution >= 4 is 0 Å². The molecule has 1 saturated carbocycles. The number of alkyl halides is 2. The van der Waals surface area contributed by atoms with Crippen molar-refractivity contribution in [1.29, 1.82) is 0 Å². The minimum atomic E-state index is -2.41. The number of piperidine rings is 1. The molecule has 2 aliphatic rings. The van der Waals surface area contributed by atoms with Crippen molar-refractivity contribution in [3.63, 3.8) is 0 Å². The summed E-state index contributed by atoms with van der Waals surface area (Å²) in [5, 5.41) is 3.31. The Kier molecular flexibility index (Phi) is 2.30. The third kappa shape index (κ3) is 2.01. The smallest absolute Gasteiger partial charge is 0.251 e. The van der Waals surface area contributed by atoms with Crippen LogP contribution >= 0.6 is 0 Å². The monoisotopic (exact) mass is 189 g/mol. The maximum Gasteiger partial charge on any atom is 0.251 e. The summed E-state index contributed by atoms with van der Waals surface area (Å²) in [6, 6.07) is 0. The third-order valence-electron chi connectivity index (χ3n) is 3.40. The molecule has 0 aromatic heterocycles. The predicted molar refractivity (Wildman–Crippen MR) is 48.0 cm³/mol. The quantitative estimate of drug-likeness (QED) is 0.617. The normalized spacial score (nSPS) is 31.8. The Morgan fingerprint density at radius 2 is 1.62 bits per heavy atom. The van der Waals surface area contributed by atoms with Crippen molar-refractivity contribution in [2.24, 2.45) is 0 Å². The number of nitrogens with one attached hydrogen (secondary N) is 1. The van der Waals surface area contributed by atoms with Crippen LogP contribution in [-0.4, -0.2) is 18.0 Å². The van der Waals surface area contributed by atoms with E-state index in [9.17, 15) is 8.78 Å². The maximum absolute atomic E-state index is 13.2. The molecule has 1 nitrogen and oxygen atoms in total. The fourth-order valence-electron chi connectivity index (χ4n) is 2.74. The van der Waals surface area contributed by atoms with Gasteiger partial charge in [-0.25, -0.2) is 8.78 Å². The topological polar surface area (TPSA) is 12.0 Å². The highest BCUT2D eigenvalue weighted by Crippen LogP contribution is 2.40.